The lowest BCUT2D eigenvalue weighted by molar-refractivity contribution is 0.112. The zero-order valence-corrected chi connectivity index (χ0v) is 6.53. The highest BCUT2D eigenvalue weighted by atomic mass is 16.1. The van der Waals surface area contributed by atoms with Gasteiger partial charge in [0.2, 0.25) is 0 Å². The van der Waals surface area contributed by atoms with Gasteiger partial charge in [0.1, 0.15) is 12.0 Å². The van der Waals surface area contributed by atoms with Crippen LogP contribution < -0.4 is 0 Å². The van der Waals surface area contributed by atoms with Crippen LogP contribution in [0.3, 0.4) is 0 Å². The van der Waals surface area contributed by atoms with Gasteiger partial charge in [-0.25, -0.2) is 9.97 Å². The third kappa shape index (κ3) is 0.812. The third-order valence-electron chi connectivity index (χ3n) is 1.82. The molecule has 2 rings (SSSR count). The highest BCUT2D eigenvalue weighted by molar-refractivity contribution is 5.96. The van der Waals surface area contributed by atoms with Crippen molar-refractivity contribution in [2.75, 3.05) is 0 Å². The number of hydrogen-bond donors (Lipinski definition) is 1. The molecule has 60 valence electrons. The average Bonchev–Trinajstić information content (AvgIpc) is 2.49. The molecule has 0 atom stereocenters. The average molecular weight is 161 g/mol. The van der Waals surface area contributed by atoms with Crippen molar-refractivity contribution >= 4 is 17.3 Å². The van der Waals surface area contributed by atoms with Crippen molar-refractivity contribution in [2.24, 2.45) is 0 Å². The van der Waals surface area contributed by atoms with Crippen LogP contribution in [0.25, 0.3) is 11.0 Å². The molecule has 0 fully saturated rings. The highest BCUT2D eigenvalue weighted by Crippen LogP contribution is 2.16. The standard InChI is InChI=1S/C8H7N3O/c1-5-7-6(3-12)2-9-8(7)11-4-10-5/h2-4H,1H3,(H,9,10,11). The number of fused-ring (bicyclic) bond motifs is 1. The first-order valence-corrected chi connectivity index (χ1v) is 3.57. The topological polar surface area (TPSA) is 58.6 Å². The number of nitrogens with zero attached hydrogens (tertiary/aromatic N) is 2. The summed E-state index contributed by atoms with van der Waals surface area (Å²) in [5, 5.41) is 0.813. The van der Waals surface area contributed by atoms with Gasteiger partial charge in [0.05, 0.1) is 11.1 Å². The number of aldehydes is 1. The van der Waals surface area contributed by atoms with Crippen LogP contribution in [0.2, 0.25) is 0 Å². The summed E-state index contributed by atoms with van der Waals surface area (Å²) in [5.41, 5.74) is 2.15. The molecule has 0 aliphatic heterocycles. The summed E-state index contributed by atoms with van der Waals surface area (Å²) in [5.74, 6) is 0. The SMILES string of the molecule is Cc1ncnc2[nH]cc(C=O)c12. The van der Waals surface area contributed by atoms with E-state index in [4.69, 9.17) is 0 Å². The van der Waals surface area contributed by atoms with Crippen LogP contribution in [0.4, 0.5) is 0 Å². The van der Waals surface area contributed by atoms with E-state index in [-0.39, 0.29) is 0 Å². The summed E-state index contributed by atoms with van der Waals surface area (Å²) in [7, 11) is 0. The monoisotopic (exact) mass is 161 g/mol. The Balaban J connectivity index is 2.91. The zero-order chi connectivity index (χ0) is 8.55. The maximum absolute atomic E-state index is 10.6. The third-order valence-corrected chi connectivity index (χ3v) is 1.82. The molecule has 2 aromatic rings. The van der Waals surface area contributed by atoms with E-state index in [0.29, 0.717) is 11.2 Å². The molecule has 12 heavy (non-hydrogen) atoms. The molecule has 0 saturated heterocycles. The number of aromatic amines is 1. The molecule has 2 aromatic heterocycles. The first kappa shape index (κ1) is 6.97. The molecule has 0 bridgehead atoms. The normalized spacial score (nSPS) is 10.4. The van der Waals surface area contributed by atoms with Gasteiger partial charge in [-0.2, -0.15) is 0 Å². The lowest BCUT2D eigenvalue weighted by Gasteiger charge is -1.92. The molecule has 0 aromatic carbocycles. The predicted molar refractivity (Wildman–Crippen MR) is 44.0 cm³/mol. The maximum Gasteiger partial charge on any atom is 0.152 e. The second-order valence-electron chi connectivity index (χ2n) is 2.54. The fourth-order valence-electron chi connectivity index (χ4n) is 1.24. The lowest BCUT2D eigenvalue weighted by atomic mass is 10.2. The van der Waals surface area contributed by atoms with E-state index < -0.39 is 0 Å². The first-order valence-electron chi connectivity index (χ1n) is 3.57. The fraction of sp³-hybridized carbons (Fsp3) is 0.125. The molecule has 0 saturated carbocycles. The van der Waals surface area contributed by atoms with Crippen LogP contribution in [0.1, 0.15) is 16.1 Å². The van der Waals surface area contributed by atoms with E-state index in [1.807, 2.05) is 6.92 Å². The van der Waals surface area contributed by atoms with Gasteiger partial charge in [0.25, 0.3) is 0 Å². The molecule has 0 radical (unpaired) electrons. The largest absolute Gasteiger partial charge is 0.345 e. The van der Waals surface area contributed by atoms with E-state index in [1.54, 1.807) is 6.20 Å². The number of aromatic nitrogens is 3. The van der Waals surface area contributed by atoms with Gasteiger partial charge in [0, 0.05) is 11.8 Å². The van der Waals surface area contributed by atoms with Crippen molar-refractivity contribution in [3.63, 3.8) is 0 Å². The van der Waals surface area contributed by atoms with E-state index in [9.17, 15) is 4.79 Å². The molecule has 0 unspecified atom stereocenters. The maximum atomic E-state index is 10.6. The van der Waals surface area contributed by atoms with Gasteiger partial charge in [-0.1, -0.05) is 0 Å². The van der Waals surface area contributed by atoms with Gasteiger partial charge < -0.3 is 4.98 Å². The summed E-state index contributed by atoms with van der Waals surface area (Å²) < 4.78 is 0. The molecule has 2 heterocycles. The molecule has 0 amide bonds. The second-order valence-corrected chi connectivity index (χ2v) is 2.54. The van der Waals surface area contributed by atoms with E-state index in [0.717, 1.165) is 17.4 Å². The van der Waals surface area contributed by atoms with Crippen molar-refractivity contribution in [3.8, 4) is 0 Å². The first-order chi connectivity index (χ1) is 5.83. The summed E-state index contributed by atoms with van der Waals surface area (Å²) in [6.07, 6.45) is 3.91. The second kappa shape index (κ2) is 2.41. The minimum atomic E-state index is 0.614. The number of H-pyrrole nitrogens is 1. The number of carbonyl (C=O) groups excluding carboxylic acids is 1. The van der Waals surface area contributed by atoms with Gasteiger partial charge in [-0.05, 0) is 6.92 Å². The number of aryl methyl sites for hydroxylation is 1. The Morgan fingerprint density at radius 2 is 2.33 bits per heavy atom. The van der Waals surface area contributed by atoms with E-state index in [2.05, 4.69) is 15.0 Å². The van der Waals surface area contributed by atoms with E-state index >= 15 is 0 Å². The van der Waals surface area contributed by atoms with Gasteiger partial charge in [-0.15, -0.1) is 0 Å². The summed E-state index contributed by atoms with van der Waals surface area (Å²) in [4.78, 5) is 21.4. The fourth-order valence-corrected chi connectivity index (χ4v) is 1.24. The van der Waals surface area contributed by atoms with Crippen molar-refractivity contribution in [2.45, 2.75) is 6.92 Å². The molecule has 1 N–H and O–H groups in total. The number of rotatable bonds is 1. The predicted octanol–water partition coefficient (Wildman–Crippen LogP) is 1.08. The molecule has 0 aliphatic carbocycles. The number of nitrogens with one attached hydrogen (secondary N) is 1. The smallest absolute Gasteiger partial charge is 0.152 e. The summed E-state index contributed by atoms with van der Waals surface area (Å²) >= 11 is 0. The van der Waals surface area contributed by atoms with Crippen LogP contribution in [0.5, 0.6) is 0 Å². The Labute approximate surface area is 68.7 Å². The molecular weight excluding hydrogens is 154 g/mol. The Morgan fingerprint density at radius 1 is 1.50 bits per heavy atom. The van der Waals surface area contributed by atoms with Gasteiger partial charge in [0.15, 0.2) is 6.29 Å². The zero-order valence-electron chi connectivity index (χ0n) is 6.53. The van der Waals surface area contributed by atoms with Crippen molar-refractivity contribution in [3.05, 3.63) is 23.8 Å². The van der Waals surface area contributed by atoms with Crippen LogP contribution in [0, 0.1) is 6.92 Å². The minimum absolute atomic E-state index is 0.614. The Hall–Kier alpha value is -1.71. The number of carbonyl (C=O) groups is 1. The Kier molecular flexibility index (Phi) is 1.40. The number of hydrogen-bond acceptors (Lipinski definition) is 3. The quantitative estimate of drug-likeness (QED) is 0.636. The van der Waals surface area contributed by atoms with Crippen LogP contribution in [-0.2, 0) is 0 Å². The van der Waals surface area contributed by atoms with E-state index in [1.165, 1.54) is 6.33 Å². The molecule has 0 aliphatic rings. The van der Waals surface area contributed by atoms with Crippen molar-refractivity contribution < 1.29 is 4.79 Å². The molecule has 4 nitrogen and oxygen atoms in total. The Bertz CT molecular complexity index is 433. The lowest BCUT2D eigenvalue weighted by Crippen LogP contribution is -1.86. The minimum Gasteiger partial charge on any atom is -0.345 e. The van der Waals surface area contributed by atoms with Crippen LogP contribution in [-0.4, -0.2) is 21.2 Å². The van der Waals surface area contributed by atoms with Crippen molar-refractivity contribution in [1.29, 1.82) is 0 Å². The van der Waals surface area contributed by atoms with Crippen molar-refractivity contribution in [1.82, 2.24) is 15.0 Å². The summed E-state index contributed by atoms with van der Waals surface area (Å²) in [6, 6.07) is 0. The van der Waals surface area contributed by atoms with Gasteiger partial charge in [-0.3, -0.25) is 4.79 Å². The molecule has 4 heteroatoms. The molecular formula is C8H7N3O. The highest BCUT2D eigenvalue weighted by Gasteiger charge is 2.05. The summed E-state index contributed by atoms with van der Waals surface area (Å²) in [6.45, 7) is 1.85. The molecule has 0 spiro atoms. The van der Waals surface area contributed by atoms with Gasteiger partial charge >= 0.3 is 0 Å². The Morgan fingerprint density at radius 3 is 3.08 bits per heavy atom. The van der Waals surface area contributed by atoms with Crippen LogP contribution in [0.15, 0.2) is 12.5 Å². The van der Waals surface area contributed by atoms with Crippen LogP contribution >= 0.6 is 0 Å².